The Morgan fingerprint density at radius 1 is 1.41 bits per heavy atom. The largest absolute Gasteiger partial charge is 0.477 e. The molecular weight excluding hydrogens is 220 g/mol. The van der Waals surface area contributed by atoms with Gasteiger partial charge in [-0.05, 0) is 18.9 Å². The molecule has 88 valence electrons. The van der Waals surface area contributed by atoms with Crippen LogP contribution >= 0.6 is 0 Å². The topological polar surface area (TPSA) is 80.4 Å². The molecular formula is C11H12N4O2. The van der Waals surface area contributed by atoms with Gasteiger partial charge in [-0.15, -0.1) is 5.10 Å². The van der Waals surface area contributed by atoms with E-state index in [1.807, 2.05) is 0 Å². The van der Waals surface area contributed by atoms with Crippen molar-refractivity contribution < 1.29 is 9.90 Å². The maximum Gasteiger partial charge on any atom is 0.354 e. The van der Waals surface area contributed by atoms with Gasteiger partial charge in [0.25, 0.3) is 5.78 Å². The molecule has 1 fully saturated rings. The Bertz CT molecular complexity index is 572. The molecule has 1 saturated carbocycles. The zero-order valence-corrected chi connectivity index (χ0v) is 9.20. The van der Waals surface area contributed by atoms with Crippen molar-refractivity contribution >= 4 is 11.7 Å². The number of carboxylic acids is 1. The number of hydrogen-bond acceptors (Lipinski definition) is 4. The van der Waals surface area contributed by atoms with Gasteiger partial charge in [-0.25, -0.2) is 9.78 Å². The maximum atomic E-state index is 11.0. The van der Waals surface area contributed by atoms with Crippen molar-refractivity contribution in [1.29, 1.82) is 0 Å². The van der Waals surface area contributed by atoms with Crippen LogP contribution in [0, 0.1) is 0 Å². The number of nitrogens with zero attached hydrogens (tertiary/aromatic N) is 4. The Hall–Kier alpha value is -1.98. The van der Waals surface area contributed by atoms with Crippen molar-refractivity contribution in [2.75, 3.05) is 0 Å². The first-order valence-corrected chi connectivity index (χ1v) is 5.70. The molecule has 1 aliphatic rings. The van der Waals surface area contributed by atoms with Crippen molar-refractivity contribution in [1.82, 2.24) is 19.6 Å². The van der Waals surface area contributed by atoms with Gasteiger partial charge in [0.05, 0.1) is 0 Å². The molecule has 0 amide bonds. The standard InChI is InChI=1S/C11H12N4O2/c16-10(17)8-5-6-12-11-13-9(14-15(8)11)7-3-1-2-4-7/h5-7H,1-4H2,(H,16,17). The second kappa shape index (κ2) is 3.80. The molecule has 0 saturated heterocycles. The molecule has 0 bridgehead atoms. The van der Waals surface area contributed by atoms with Crippen LogP contribution in [0.1, 0.15) is 47.9 Å². The van der Waals surface area contributed by atoms with E-state index in [0.717, 1.165) is 18.7 Å². The fourth-order valence-corrected chi connectivity index (χ4v) is 2.33. The van der Waals surface area contributed by atoms with Gasteiger partial charge in [0.2, 0.25) is 0 Å². The van der Waals surface area contributed by atoms with Gasteiger partial charge in [-0.3, -0.25) is 0 Å². The number of aromatic carboxylic acids is 1. The highest BCUT2D eigenvalue weighted by Gasteiger charge is 2.22. The second-order valence-corrected chi connectivity index (χ2v) is 4.30. The number of carboxylic acid groups (broad SMARTS) is 1. The van der Waals surface area contributed by atoms with Crippen LogP contribution in [0.25, 0.3) is 5.78 Å². The summed E-state index contributed by atoms with van der Waals surface area (Å²) in [5, 5.41) is 13.3. The summed E-state index contributed by atoms with van der Waals surface area (Å²) < 4.78 is 1.32. The molecule has 0 radical (unpaired) electrons. The van der Waals surface area contributed by atoms with E-state index in [-0.39, 0.29) is 5.69 Å². The lowest BCUT2D eigenvalue weighted by Crippen LogP contribution is -2.07. The lowest BCUT2D eigenvalue weighted by molar-refractivity contribution is 0.0687. The van der Waals surface area contributed by atoms with Gasteiger partial charge < -0.3 is 5.11 Å². The van der Waals surface area contributed by atoms with E-state index in [1.165, 1.54) is 29.6 Å². The van der Waals surface area contributed by atoms with Crippen LogP contribution in [0.5, 0.6) is 0 Å². The number of aromatic nitrogens is 4. The Balaban J connectivity index is 2.11. The first kappa shape index (κ1) is 10.2. The molecule has 0 spiro atoms. The van der Waals surface area contributed by atoms with E-state index in [2.05, 4.69) is 15.1 Å². The summed E-state index contributed by atoms with van der Waals surface area (Å²) in [6, 6.07) is 1.43. The highest BCUT2D eigenvalue weighted by atomic mass is 16.4. The Morgan fingerprint density at radius 3 is 2.88 bits per heavy atom. The average Bonchev–Trinajstić information content (AvgIpc) is 2.96. The minimum atomic E-state index is -1.01. The quantitative estimate of drug-likeness (QED) is 0.848. The van der Waals surface area contributed by atoms with Gasteiger partial charge in [0.1, 0.15) is 0 Å². The molecule has 6 heteroatoms. The smallest absolute Gasteiger partial charge is 0.354 e. The molecule has 0 aromatic carbocycles. The number of carbonyl (C=O) groups is 1. The maximum absolute atomic E-state index is 11.0. The molecule has 0 atom stereocenters. The summed E-state index contributed by atoms with van der Waals surface area (Å²) in [6.45, 7) is 0. The van der Waals surface area contributed by atoms with Crippen LogP contribution < -0.4 is 0 Å². The van der Waals surface area contributed by atoms with E-state index in [9.17, 15) is 4.79 Å². The predicted molar refractivity (Wildman–Crippen MR) is 59.0 cm³/mol. The minimum absolute atomic E-state index is 0.103. The molecule has 17 heavy (non-hydrogen) atoms. The fraction of sp³-hybridized carbons (Fsp3) is 0.455. The molecule has 1 N–H and O–H groups in total. The van der Waals surface area contributed by atoms with Gasteiger partial charge >= 0.3 is 5.97 Å². The van der Waals surface area contributed by atoms with E-state index in [1.54, 1.807) is 0 Å². The van der Waals surface area contributed by atoms with Gasteiger partial charge in [-0.1, -0.05) is 12.8 Å². The van der Waals surface area contributed by atoms with Crippen molar-refractivity contribution in [2.45, 2.75) is 31.6 Å². The molecule has 2 aromatic rings. The molecule has 1 aliphatic carbocycles. The van der Waals surface area contributed by atoms with Crippen molar-refractivity contribution in [3.8, 4) is 0 Å². The molecule has 6 nitrogen and oxygen atoms in total. The molecule has 0 aliphatic heterocycles. The normalized spacial score (nSPS) is 16.7. The third-order valence-corrected chi connectivity index (χ3v) is 3.20. The monoisotopic (exact) mass is 232 g/mol. The number of fused-ring (bicyclic) bond motifs is 1. The third kappa shape index (κ3) is 1.65. The van der Waals surface area contributed by atoms with Crippen LogP contribution in [0.3, 0.4) is 0 Å². The lowest BCUT2D eigenvalue weighted by atomic mass is 10.1. The number of hydrogen-bond donors (Lipinski definition) is 1. The summed E-state index contributed by atoms with van der Waals surface area (Å²) in [7, 11) is 0. The van der Waals surface area contributed by atoms with E-state index >= 15 is 0 Å². The summed E-state index contributed by atoms with van der Waals surface area (Å²) in [6.07, 6.45) is 6.00. The highest BCUT2D eigenvalue weighted by molar-refractivity contribution is 5.85. The molecule has 0 unspecified atom stereocenters. The summed E-state index contributed by atoms with van der Waals surface area (Å²) in [4.78, 5) is 19.4. The summed E-state index contributed by atoms with van der Waals surface area (Å²) in [5.74, 6) is 0.439. The van der Waals surface area contributed by atoms with E-state index in [0.29, 0.717) is 11.7 Å². The minimum Gasteiger partial charge on any atom is -0.477 e. The molecule has 3 rings (SSSR count). The van der Waals surface area contributed by atoms with Crippen molar-refractivity contribution in [3.63, 3.8) is 0 Å². The van der Waals surface area contributed by atoms with Crippen LogP contribution in [-0.4, -0.2) is 30.7 Å². The van der Waals surface area contributed by atoms with Gasteiger partial charge in [0.15, 0.2) is 11.5 Å². The molecule has 2 heterocycles. The zero-order chi connectivity index (χ0) is 11.8. The van der Waals surface area contributed by atoms with Crippen LogP contribution in [-0.2, 0) is 0 Å². The number of rotatable bonds is 2. The summed E-state index contributed by atoms with van der Waals surface area (Å²) >= 11 is 0. The Labute approximate surface area is 97.3 Å². The van der Waals surface area contributed by atoms with E-state index in [4.69, 9.17) is 5.11 Å². The van der Waals surface area contributed by atoms with Gasteiger partial charge in [-0.2, -0.15) is 9.50 Å². The van der Waals surface area contributed by atoms with Crippen molar-refractivity contribution in [3.05, 3.63) is 23.8 Å². The van der Waals surface area contributed by atoms with Crippen LogP contribution in [0.2, 0.25) is 0 Å². The first-order valence-electron chi connectivity index (χ1n) is 5.70. The van der Waals surface area contributed by atoms with Crippen molar-refractivity contribution in [2.24, 2.45) is 0 Å². The first-order chi connectivity index (χ1) is 8.25. The lowest BCUT2D eigenvalue weighted by Gasteiger charge is -2.00. The fourth-order valence-electron chi connectivity index (χ4n) is 2.33. The van der Waals surface area contributed by atoms with Crippen LogP contribution in [0.15, 0.2) is 12.3 Å². The van der Waals surface area contributed by atoms with E-state index < -0.39 is 5.97 Å². The SMILES string of the molecule is O=C(O)c1ccnc2nc(C3CCCC3)nn12. The van der Waals surface area contributed by atoms with Gasteiger partial charge in [0, 0.05) is 12.1 Å². The summed E-state index contributed by atoms with van der Waals surface area (Å²) in [5.41, 5.74) is 0.103. The molecule has 2 aromatic heterocycles. The highest BCUT2D eigenvalue weighted by Crippen LogP contribution is 2.32. The third-order valence-electron chi connectivity index (χ3n) is 3.20. The second-order valence-electron chi connectivity index (χ2n) is 4.30. The zero-order valence-electron chi connectivity index (χ0n) is 9.20. The Kier molecular flexibility index (Phi) is 2.28. The Morgan fingerprint density at radius 2 is 2.18 bits per heavy atom. The average molecular weight is 232 g/mol. The van der Waals surface area contributed by atoms with Crippen LogP contribution in [0.4, 0.5) is 0 Å². The predicted octanol–water partition coefficient (Wildman–Crippen LogP) is 1.48.